The van der Waals surface area contributed by atoms with Crippen molar-refractivity contribution in [3.05, 3.63) is 70.5 Å². The highest BCUT2D eigenvalue weighted by Gasteiger charge is 2.18. The third-order valence-corrected chi connectivity index (χ3v) is 4.92. The molecule has 0 bridgehead atoms. The molecular weight excluding hydrogens is 412 g/mol. The highest BCUT2D eigenvalue weighted by atomic mass is 16.6. The molecule has 0 saturated carbocycles. The van der Waals surface area contributed by atoms with Crippen molar-refractivity contribution in [2.45, 2.75) is 6.61 Å². The third kappa shape index (κ3) is 3.93. The van der Waals surface area contributed by atoms with Gasteiger partial charge in [0.15, 0.2) is 5.65 Å². The molecule has 4 aromatic rings. The SMILES string of the molecule is COc1ccc(OC)c(-c2nc(Nc3cccc(CO)c3)nc3c2ccc(=O)n3OC)c1. The molecule has 0 aliphatic rings. The standard InChI is InChI=1S/C23H22N4O5/c1-30-16-7-9-19(31-2)18(12-16)21-17-8-10-20(29)27(32-3)22(17)26-23(25-21)24-15-6-4-5-14(11-15)13-28/h4-12,28H,13H2,1-3H3,(H,24,25,26). The van der Waals surface area contributed by atoms with Crippen LogP contribution in [-0.2, 0) is 6.61 Å². The number of ether oxygens (including phenoxy) is 2. The molecule has 2 N–H and O–H groups in total. The van der Waals surface area contributed by atoms with Gasteiger partial charge in [-0.25, -0.2) is 4.98 Å². The number of rotatable bonds is 7. The second-order valence-corrected chi connectivity index (χ2v) is 6.83. The molecule has 2 heterocycles. The van der Waals surface area contributed by atoms with E-state index in [4.69, 9.17) is 19.3 Å². The molecule has 9 nitrogen and oxygen atoms in total. The van der Waals surface area contributed by atoms with Gasteiger partial charge in [0, 0.05) is 22.7 Å². The normalized spacial score (nSPS) is 10.8. The first-order valence-corrected chi connectivity index (χ1v) is 9.75. The Labute approximate surface area is 183 Å². The second kappa shape index (κ2) is 8.94. The Hall–Kier alpha value is -4.11. The Balaban J connectivity index is 1.98. The van der Waals surface area contributed by atoms with Gasteiger partial charge >= 0.3 is 0 Å². The van der Waals surface area contributed by atoms with Gasteiger partial charge in [-0.1, -0.05) is 12.1 Å². The van der Waals surface area contributed by atoms with E-state index in [1.807, 2.05) is 18.2 Å². The molecule has 0 saturated heterocycles. The zero-order valence-corrected chi connectivity index (χ0v) is 17.8. The number of anilines is 2. The average Bonchev–Trinajstić information content (AvgIpc) is 2.83. The van der Waals surface area contributed by atoms with Crippen LogP contribution in [0.4, 0.5) is 11.6 Å². The monoisotopic (exact) mass is 434 g/mol. The molecule has 9 heteroatoms. The fourth-order valence-corrected chi connectivity index (χ4v) is 3.41. The highest BCUT2D eigenvalue weighted by molar-refractivity contribution is 5.93. The van der Waals surface area contributed by atoms with Crippen LogP contribution in [0.5, 0.6) is 11.5 Å². The first kappa shape index (κ1) is 21.1. The zero-order chi connectivity index (χ0) is 22.7. The lowest BCUT2D eigenvalue weighted by atomic mass is 10.1. The molecule has 0 aliphatic heterocycles. The van der Waals surface area contributed by atoms with Crippen molar-refractivity contribution in [1.29, 1.82) is 0 Å². The van der Waals surface area contributed by atoms with Gasteiger partial charge in [0.05, 0.1) is 26.5 Å². The molecule has 32 heavy (non-hydrogen) atoms. The fraction of sp³-hybridized carbons (Fsp3) is 0.174. The van der Waals surface area contributed by atoms with Crippen molar-refractivity contribution in [2.24, 2.45) is 0 Å². The van der Waals surface area contributed by atoms with Crippen LogP contribution in [-0.4, -0.2) is 41.1 Å². The molecule has 0 atom stereocenters. The summed E-state index contributed by atoms with van der Waals surface area (Å²) >= 11 is 0. The minimum atomic E-state index is -0.365. The maximum Gasteiger partial charge on any atom is 0.285 e. The minimum Gasteiger partial charge on any atom is -0.497 e. The predicted octanol–water partition coefficient (Wildman–Crippen LogP) is 2.77. The molecule has 0 radical (unpaired) electrons. The van der Waals surface area contributed by atoms with Crippen LogP contribution in [0.25, 0.3) is 22.3 Å². The number of aliphatic hydroxyl groups is 1. The topological polar surface area (TPSA) is 108 Å². The number of nitrogens with zero attached hydrogens (tertiary/aromatic N) is 3. The van der Waals surface area contributed by atoms with Gasteiger partial charge in [0.25, 0.3) is 5.56 Å². The van der Waals surface area contributed by atoms with Gasteiger partial charge in [0.2, 0.25) is 5.95 Å². The number of hydrogen-bond donors (Lipinski definition) is 2. The Bertz CT molecular complexity index is 1340. The van der Waals surface area contributed by atoms with Gasteiger partial charge in [-0.3, -0.25) is 4.79 Å². The molecule has 0 fully saturated rings. The fourth-order valence-electron chi connectivity index (χ4n) is 3.41. The first-order valence-electron chi connectivity index (χ1n) is 9.75. The molecule has 0 spiro atoms. The minimum absolute atomic E-state index is 0.0937. The summed E-state index contributed by atoms with van der Waals surface area (Å²) in [7, 11) is 4.54. The Morgan fingerprint density at radius 3 is 2.56 bits per heavy atom. The summed E-state index contributed by atoms with van der Waals surface area (Å²) in [6.07, 6.45) is 0. The van der Waals surface area contributed by atoms with E-state index >= 15 is 0 Å². The van der Waals surface area contributed by atoms with E-state index in [2.05, 4.69) is 10.3 Å². The number of fused-ring (bicyclic) bond motifs is 1. The van der Waals surface area contributed by atoms with Crippen molar-refractivity contribution in [2.75, 3.05) is 26.6 Å². The summed E-state index contributed by atoms with van der Waals surface area (Å²) in [6, 6.07) is 15.6. The predicted molar refractivity (Wildman–Crippen MR) is 120 cm³/mol. The number of pyridine rings is 1. The second-order valence-electron chi connectivity index (χ2n) is 6.83. The summed E-state index contributed by atoms with van der Waals surface area (Å²) in [5.41, 5.74) is 2.53. The van der Waals surface area contributed by atoms with E-state index in [-0.39, 0.29) is 23.8 Å². The van der Waals surface area contributed by atoms with Crippen LogP contribution in [0.2, 0.25) is 0 Å². The summed E-state index contributed by atoms with van der Waals surface area (Å²) in [4.78, 5) is 26.9. The van der Waals surface area contributed by atoms with Crippen LogP contribution in [0, 0.1) is 0 Å². The van der Waals surface area contributed by atoms with E-state index < -0.39 is 0 Å². The Morgan fingerprint density at radius 2 is 1.84 bits per heavy atom. The van der Waals surface area contributed by atoms with Crippen molar-refractivity contribution in [1.82, 2.24) is 14.7 Å². The van der Waals surface area contributed by atoms with Crippen LogP contribution in [0.1, 0.15) is 5.56 Å². The van der Waals surface area contributed by atoms with Gasteiger partial charge in [0.1, 0.15) is 18.6 Å². The van der Waals surface area contributed by atoms with Crippen LogP contribution in [0.3, 0.4) is 0 Å². The lowest BCUT2D eigenvalue weighted by molar-refractivity contribution is 0.167. The molecule has 164 valence electrons. The van der Waals surface area contributed by atoms with Crippen LogP contribution in [0.15, 0.2) is 59.4 Å². The molecule has 0 aliphatic carbocycles. The maximum atomic E-state index is 12.4. The van der Waals surface area contributed by atoms with Crippen LogP contribution < -0.4 is 25.2 Å². The van der Waals surface area contributed by atoms with E-state index in [0.29, 0.717) is 33.8 Å². The lowest BCUT2D eigenvalue weighted by Gasteiger charge is -2.15. The number of hydrogen-bond acceptors (Lipinski definition) is 8. The highest BCUT2D eigenvalue weighted by Crippen LogP contribution is 2.36. The molecule has 0 amide bonds. The average molecular weight is 434 g/mol. The van der Waals surface area contributed by atoms with Crippen molar-refractivity contribution < 1.29 is 19.4 Å². The number of nitrogens with one attached hydrogen (secondary N) is 1. The van der Waals surface area contributed by atoms with Crippen molar-refractivity contribution in [3.8, 4) is 22.8 Å². The number of aromatic nitrogens is 3. The van der Waals surface area contributed by atoms with E-state index in [9.17, 15) is 9.90 Å². The van der Waals surface area contributed by atoms with E-state index in [0.717, 1.165) is 10.3 Å². The maximum absolute atomic E-state index is 12.4. The number of aliphatic hydroxyl groups excluding tert-OH is 1. The molecule has 2 aromatic heterocycles. The Kier molecular flexibility index (Phi) is 5.91. The van der Waals surface area contributed by atoms with E-state index in [1.165, 1.54) is 13.2 Å². The first-order chi connectivity index (χ1) is 15.6. The quantitative estimate of drug-likeness (QED) is 0.457. The summed E-state index contributed by atoms with van der Waals surface area (Å²) < 4.78 is 12.0. The van der Waals surface area contributed by atoms with Gasteiger partial charge in [-0.15, -0.1) is 4.73 Å². The van der Waals surface area contributed by atoms with Gasteiger partial charge < -0.3 is 24.7 Å². The van der Waals surface area contributed by atoms with Gasteiger partial charge in [-0.05, 0) is 42.0 Å². The van der Waals surface area contributed by atoms with Crippen molar-refractivity contribution >= 4 is 22.7 Å². The van der Waals surface area contributed by atoms with Gasteiger partial charge in [-0.2, -0.15) is 4.98 Å². The largest absolute Gasteiger partial charge is 0.497 e. The molecular formula is C23H22N4O5. The summed E-state index contributed by atoms with van der Waals surface area (Å²) in [5, 5.41) is 13.2. The van der Waals surface area contributed by atoms with E-state index in [1.54, 1.807) is 44.6 Å². The smallest absolute Gasteiger partial charge is 0.285 e. The summed E-state index contributed by atoms with van der Waals surface area (Å²) in [6.45, 7) is -0.0937. The molecule has 4 rings (SSSR count). The number of methoxy groups -OCH3 is 2. The van der Waals surface area contributed by atoms with Crippen LogP contribution >= 0.6 is 0 Å². The summed E-state index contributed by atoms with van der Waals surface area (Å²) in [5.74, 6) is 1.44. The third-order valence-electron chi connectivity index (χ3n) is 4.92. The number of benzene rings is 2. The molecule has 0 unspecified atom stereocenters. The molecule has 2 aromatic carbocycles. The van der Waals surface area contributed by atoms with Crippen molar-refractivity contribution in [3.63, 3.8) is 0 Å². The lowest BCUT2D eigenvalue weighted by Crippen LogP contribution is -2.25. The zero-order valence-electron chi connectivity index (χ0n) is 17.8. The Morgan fingerprint density at radius 1 is 1.00 bits per heavy atom.